The summed E-state index contributed by atoms with van der Waals surface area (Å²) in [6.45, 7) is 4.50. The number of hydrogen-bond acceptors (Lipinski definition) is 5. The monoisotopic (exact) mass is 349 g/mol. The van der Waals surface area contributed by atoms with Crippen LogP contribution in [0.15, 0.2) is 36.7 Å². The van der Waals surface area contributed by atoms with Gasteiger partial charge in [0.05, 0.1) is 23.3 Å². The van der Waals surface area contributed by atoms with Crippen LogP contribution in [0.1, 0.15) is 19.7 Å². The van der Waals surface area contributed by atoms with Crippen LogP contribution in [0.5, 0.6) is 0 Å². The molecule has 26 heavy (non-hydrogen) atoms. The largest absolute Gasteiger partial charge is 0.382 e. The molecule has 8 nitrogen and oxygen atoms in total. The molecule has 0 radical (unpaired) electrons. The highest BCUT2D eigenvalue weighted by Gasteiger charge is 2.15. The Morgan fingerprint density at radius 3 is 2.88 bits per heavy atom. The third kappa shape index (κ3) is 2.65. The van der Waals surface area contributed by atoms with Crippen LogP contribution in [0.4, 0.5) is 5.82 Å². The summed E-state index contributed by atoms with van der Waals surface area (Å²) in [5.74, 6) is 1.06. The molecule has 0 aliphatic heterocycles. The number of nitrogens with two attached hydrogens (primary N) is 1. The van der Waals surface area contributed by atoms with Crippen molar-refractivity contribution in [1.29, 1.82) is 0 Å². The number of hydrogen-bond donors (Lipinski definition) is 2. The lowest BCUT2D eigenvalue weighted by molar-refractivity contribution is -0.129. The van der Waals surface area contributed by atoms with Crippen molar-refractivity contribution in [1.82, 2.24) is 29.6 Å². The minimum atomic E-state index is 0.00452. The number of aromatic amines is 1. The minimum Gasteiger partial charge on any atom is -0.382 e. The fourth-order valence-electron chi connectivity index (χ4n) is 3.07. The maximum atomic E-state index is 11.7. The number of benzene rings is 1. The Morgan fingerprint density at radius 1 is 1.35 bits per heavy atom. The Kier molecular flexibility index (Phi) is 3.80. The highest BCUT2D eigenvalue weighted by molar-refractivity contribution is 6.06. The molecule has 3 N–H and O–H groups in total. The first-order chi connectivity index (χ1) is 12.6. The summed E-state index contributed by atoms with van der Waals surface area (Å²) < 4.78 is 1.79. The van der Waals surface area contributed by atoms with Crippen molar-refractivity contribution in [3.8, 4) is 5.69 Å². The van der Waals surface area contributed by atoms with E-state index in [0.29, 0.717) is 30.2 Å². The molecule has 0 atom stereocenters. The lowest BCUT2D eigenvalue weighted by Gasteiger charge is -2.16. The van der Waals surface area contributed by atoms with Gasteiger partial charge in [0.25, 0.3) is 0 Å². The van der Waals surface area contributed by atoms with Crippen molar-refractivity contribution in [3.05, 3.63) is 42.5 Å². The van der Waals surface area contributed by atoms with Crippen LogP contribution >= 0.6 is 0 Å². The van der Waals surface area contributed by atoms with E-state index in [2.05, 4.69) is 20.1 Å². The zero-order valence-electron chi connectivity index (χ0n) is 14.6. The summed E-state index contributed by atoms with van der Waals surface area (Å²) in [6, 6.07) is 7.73. The molecule has 0 spiro atoms. The maximum Gasteiger partial charge on any atom is 0.219 e. The van der Waals surface area contributed by atoms with Crippen LogP contribution in [0.2, 0.25) is 0 Å². The lowest BCUT2D eigenvalue weighted by atomic mass is 10.1. The van der Waals surface area contributed by atoms with Crippen molar-refractivity contribution in [2.45, 2.75) is 20.4 Å². The van der Waals surface area contributed by atoms with Gasteiger partial charge in [-0.2, -0.15) is 5.10 Å². The highest BCUT2D eigenvalue weighted by Crippen LogP contribution is 2.28. The number of carbonyl (C=O) groups excluding carboxylic acids is 1. The number of nitrogen functional groups attached to an aromatic ring is 1. The Balaban J connectivity index is 1.87. The van der Waals surface area contributed by atoms with Gasteiger partial charge in [0.1, 0.15) is 11.3 Å². The second-order valence-electron chi connectivity index (χ2n) is 6.09. The molecule has 4 rings (SSSR count). The van der Waals surface area contributed by atoms with E-state index in [-0.39, 0.29) is 5.91 Å². The Bertz CT molecular complexity index is 1100. The average Bonchev–Trinajstić information content (AvgIpc) is 3.29. The molecule has 132 valence electrons. The van der Waals surface area contributed by atoms with E-state index in [1.807, 2.05) is 37.4 Å². The number of rotatable bonds is 4. The number of pyridine rings is 1. The Morgan fingerprint density at radius 2 is 2.19 bits per heavy atom. The smallest absolute Gasteiger partial charge is 0.219 e. The Hall–Kier alpha value is -3.42. The summed E-state index contributed by atoms with van der Waals surface area (Å²) in [4.78, 5) is 25.7. The molecule has 1 aromatic carbocycles. The van der Waals surface area contributed by atoms with E-state index in [1.165, 1.54) is 0 Å². The number of nitrogens with one attached hydrogen (secondary N) is 1. The fraction of sp³-hybridized carbons (Fsp3) is 0.222. The zero-order chi connectivity index (χ0) is 18.3. The molecule has 3 heterocycles. The van der Waals surface area contributed by atoms with Crippen LogP contribution in [0, 0.1) is 0 Å². The van der Waals surface area contributed by atoms with Crippen LogP contribution in [0.3, 0.4) is 0 Å². The standard InChI is InChI=1S/C18H19N7O/c1-3-24(11(2)26)10-15-22-16-13-9-12(25-8-4-7-20-25)5-6-14(13)21-18(19)17(16)23-15/h4-9H,3,10H2,1-2H3,(H2,19,21)(H,22,23). The first kappa shape index (κ1) is 16.1. The van der Waals surface area contributed by atoms with Gasteiger partial charge in [0.2, 0.25) is 5.91 Å². The molecular formula is C18H19N7O. The number of imidazole rings is 1. The van der Waals surface area contributed by atoms with Crippen molar-refractivity contribution >= 4 is 33.7 Å². The first-order valence-electron chi connectivity index (χ1n) is 8.40. The molecule has 0 aliphatic carbocycles. The number of anilines is 1. The van der Waals surface area contributed by atoms with E-state index in [0.717, 1.165) is 22.1 Å². The van der Waals surface area contributed by atoms with Crippen LogP contribution in [0.25, 0.3) is 27.6 Å². The van der Waals surface area contributed by atoms with E-state index in [4.69, 9.17) is 5.73 Å². The molecule has 1 amide bonds. The quantitative estimate of drug-likeness (QED) is 0.588. The molecule has 8 heteroatoms. The third-order valence-corrected chi connectivity index (χ3v) is 4.42. The molecule has 0 bridgehead atoms. The SMILES string of the molecule is CCN(Cc1nc2c(N)nc3ccc(-n4cccn4)cc3c2[nH]1)C(C)=O. The number of nitrogens with zero attached hydrogens (tertiary/aromatic N) is 5. The number of H-pyrrole nitrogens is 1. The number of aromatic nitrogens is 5. The fourth-order valence-corrected chi connectivity index (χ4v) is 3.07. The van der Waals surface area contributed by atoms with Gasteiger partial charge in [-0.15, -0.1) is 0 Å². The van der Waals surface area contributed by atoms with E-state index >= 15 is 0 Å². The van der Waals surface area contributed by atoms with Gasteiger partial charge in [-0.3, -0.25) is 4.79 Å². The summed E-state index contributed by atoms with van der Waals surface area (Å²) >= 11 is 0. The lowest BCUT2D eigenvalue weighted by Crippen LogP contribution is -2.28. The predicted octanol–water partition coefficient (Wildman–Crippen LogP) is 2.25. The van der Waals surface area contributed by atoms with E-state index < -0.39 is 0 Å². The van der Waals surface area contributed by atoms with Gasteiger partial charge in [-0.25, -0.2) is 14.6 Å². The van der Waals surface area contributed by atoms with E-state index in [1.54, 1.807) is 22.7 Å². The van der Waals surface area contributed by atoms with Gasteiger partial charge in [0, 0.05) is 31.2 Å². The molecular weight excluding hydrogens is 330 g/mol. The molecule has 0 unspecified atom stereocenters. The van der Waals surface area contributed by atoms with Crippen molar-refractivity contribution in [2.75, 3.05) is 12.3 Å². The van der Waals surface area contributed by atoms with Gasteiger partial charge in [-0.05, 0) is 31.2 Å². The second kappa shape index (κ2) is 6.14. The summed E-state index contributed by atoms with van der Waals surface area (Å²) in [7, 11) is 0. The van der Waals surface area contributed by atoms with E-state index in [9.17, 15) is 4.79 Å². The predicted molar refractivity (Wildman–Crippen MR) is 99.7 cm³/mol. The van der Waals surface area contributed by atoms with Gasteiger partial charge >= 0.3 is 0 Å². The van der Waals surface area contributed by atoms with Crippen molar-refractivity contribution in [3.63, 3.8) is 0 Å². The summed E-state index contributed by atoms with van der Waals surface area (Å²) in [5, 5.41) is 5.18. The molecule has 0 saturated heterocycles. The molecule has 0 fully saturated rings. The molecule has 0 aliphatic rings. The first-order valence-corrected chi connectivity index (χ1v) is 8.40. The number of fused-ring (bicyclic) bond motifs is 3. The Labute approximate surface area is 149 Å². The van der Waals surface area contributed by atoms with Crippen LogP contribution < -0.4 is 5.73 Å². The number of amides is 1. The molecule has 3 aromatic heterocycles. The topological polar surface area (TPSA) is 106 Å². The highest BCUT2D eigenvalue weighted by atomic mass is 16.2. The molecule has 0 saturated carbocycles. The van der Waals surface area contributed by atoms with Gasteiger partial charge in [-0.1, -0.05) is 0 Å². The average molecular weight is 349 g/mol. The maximum absolute atomic E-state index is 11.7. The van der Waals surface area contributed by atoms with Gasteiger partial charge < -0.3 is 15.6 Å². The number of carbonyl (C=O) groups is 1. The molecule has 4 aromatic rings. The van der Waals surface area contributed by atoms with Crippen LogP contribution in [-0.4, -0.2) is 42.1 Å². The zero-order valence-corrected chi connectivity index (χ0v) is 14.6. The van der Waals surface area contributed by atoms with Crippen molar-refractivity contribution < 1.29 is 4.79 Å². The van der Waals surface area contributed by atoms with Gasteiger partial charge in [0.15, 0.2) is 5.82 Å². The van der Waals surface area contributed by atoms with Crippen molar-refractivity contribution in [2.24, 2.45) is 0 Å². The minimum absolute atomic E-state index is 0.00452. The third-order valence-electron chi connectivity index (χ3n) is 4.42. The summed E-state index contributed by atoms with van der Waals surface area (Å²) in [5.41, 5.74) is 9.23. The van der Waals surface area contributed by atoms with Crippen LogP contribution in [-0.2, 0) is 11.3 Å². The normalized spacial score (nSPS) is 11.3. The summed E-state index contributed by atoms with van der Waals surface area (Å²) in [6.07, 6.45) is 3.61. The second-order valence-corrected chi connectivity index (χ2v) is 6.09.